The van der Waals surface area contributed by atoms with E-state index in [1.165, 1.54) is 6.07 Å². The number of halogens is 4. The highest BCUT2D eigenvalue weighted by Gasteiger charge is 2.31. The smallest absolute Gasteiger partial charge is 0.191 e. The maximum absolute atomic E-state index is 12.7. The predicted molar refractivity (Wildman–Crippen MR) is 46.0 cm³/mol. The zero-order valence-corrected chi connectivity index (χ0v) is 7.70. The van der Waals surface area contributed by atoms with Gasteiger partial charge in [0.05, 0.1) is 10.0 Å². The van der Waals surface area contributed by atoms with Crippen LogP contribution in [-0.4, -0.2) is 0 Å². The maximum atomic E-state index is 12.7. The number of nitriles is 1. The molecule has 68 valence electrons. The van der Waals surface area contributed by atoms with Gasteiger partial charge in [-0.2, -0.15) is 14.0 Å². The van der Waals surface area contributed by atoms with Gasteiger partial charge in [0.25, 0.3) is 0 Å². The number of rotatable bonds is 1. The van der Waals surface area contributed by atoms with Gasteiger partial charge in [-0.25, -0.2) is 0 Å². The quantitative estimate of drug-likeness (QED) is 0.711. The predicted octanol–water partition coefficient (Wildman–Crippen LogP) is 3.61. The summed E-state index contributed by atoms with van der Waals surface area (Å²) in [5.74, 6) is -3.52. The molecule has 0 fully saturated rings. The van der Waals surface area contributed by atoms with Gasteiger partial charge in [0.2, 0.25) is 0 Å². The Morgan fingerprint density at radius 1 is 1.23 bits per heavy atom. The summed E-state index contributed by atoms with van der Waals surface area (Å²) in [5.41, 5.74) is -0.454. The Bertz CT molecular complexity index is 371. The monoisotopic (exact) mass is 221 g/mol. The highest BCUT2D eigenvalue weighted by atomic mass is 35.5. The molecule has 0 saturated carbocycles. The lowest BCUT2D eigenvalue weighted by Crippen LogP contribution is -2.09. The Kier molecular flexibility index (Phi) is 2.74. The van der Waals surface area contributed by atoms with Crippen LogP contribution in [0.2, 0.25) is 10.0 Å². The largest absolute Gasteiger partial charge is 0.357 e. The third kappa shape index (κ3) is 2.09. The van der Waals surface area contributed by atoms with E-state index in [9.17, 15) is 8.78 Å². The first kappa shape index (κ1) is 10.2. The number of benzene rings is 1. The minimum atomic E-state index is -3.52. The minimum absolute atomic E-state index is 0.00842. The van der Waals surface area contributed by atoms with E-state index in [0.29, 0.717) is 0 Å². The first-order valence-electron chi connectivity index (χ1n) is 3.22. The molecule has 0 N–H and O–H groups in total. The van der Waals surface area contributed by atoms with Gasteiger partial charge in [0.15, 0.2) is 0 Å². The van der Waals surface area contributed by atoms with Gasteiger partial charge in [-0.1, -0.05) is 29.3 Å². The Labute approximate surface area is 83.5 Å². The first-order valence-corrected chi connectivity index (χ1v) is 3.97. The molecule has 0 radical (unpaired) electrons. The van der Waals surface area contributed by atoms with Crippen LogP contribution in [0.5, 0.6) is 0 Å². The molecule has 0 saturated heterocycles. The van der Waals surface area contributed by atoms with E-state index in [1.54, 1.807) is 0 Å². The standard InChI is InChI=1S/C8H3Cl2F2N/c9-6-2-1-5(3-7(6)10)8(11,12)4-13/h1-3H. The average Bonchev–Trinajstić information content (AvgIpc) is 2.09. The fourth-order valence-corrected chi connectivity index (χ4v) is 1.05. The third-order valence-corrected chi connectivity index (χ3v) is 2.16. The van der Waals surface area contributed by atoms with Crippen LogP contribution in [0.3, 0.4) is 0 Å². The van der Waals surface area contributed by atoms with Crippen LogP contribution < -0.4 is 0 Å². The van der Waals surface area contributed by atoms with Crippen molar-refractivity contribution in [3.8, 4) is 6.07 Å². The van der Waals surface area contributed by atoms with Crippen LogP contribution in [0.4, 0.5) is 8.78 Å². The molecule has 1 aromatic rings. The average molecular weight is 222 g/mol. The van der Waals surface area contributed by atoms with Gasteiger partial charge < -0.3 is 0 Å². The second kappa shape index (κ2) is 3.49. The van der Waals surface area contributed by atoms with Crippen molar-refractivity contribution < 1.29 is 8.78 Å². The summed E-state index contributed by atoms with van der Waals surface area (Å²) < 4.78 is 25.5. The molecule has 1 nitrogen and oxygen atoms in total. The molecule has 1 aromatic carbocycles. The lowest BCUT2D eigenvalue weighted by Gasteiger charge is -2.07. The highest BCUT2D eigenvalue weighted by Crippen LogP contribution is 2.31. The van der Waals surface area contributed by atoms with Crippen LogP contribution in [-0.2, 0) is 5.92 Å². The molecule has 0 atom stereocenters. The van der Waals surface area contributed by atoms with E-state index in [4.69, 9.17) is 28.5 Å². The topological polar surface area (TPSA) is 23.8 Å². The number of hydrogen-bond acceptors (Lipinski definition) is 1. The number of alkyl halides is 2. The van der Waals surface area contributed by atoms with Crippen molar-refractivity contribution in [3.63, 3.8) is 0 Å². The second-order valence-electron chi connectivity index (χ2n) is 2.32. The normalized spacial score (nSPS) is 11.0. The van der Waals surface area contributed by atoms with Gasteiger partial charge in [0, 0.05) is 5.56 Å². The lowest BCUT2D eigenvalue weighted by molar-refractivity contribution is 0.0613. The summed E-state index contributed by atoms with van der Waals surface area (Å²) in [5, 5.41) is 8.32. The summed E-state index contributed by atoms with van der Waals surface area (Å²) in [6.45, 7) is 0. The zero-order valence-electron chi connectivity index (χ0n) is 6.19. The van der Waals surface area contributed by atoms with E-state index in [0.717, 1.165) is 18.2 Å². The van der Waals surface area contributed by atoms with Crippen molar-refractivity contribution in [1.82, 2.24) is 0 Å². The molecule has 0 amide bonds. The lowest BCUT2D eigenvalue weighted by atomic mass is 10.1. The molecule has 0 bridgehead atoms. The Hall–Kier alpha value is -0.850. The Morgan fingerprint density at radius 2 is 1.85 bits per heavy atom. The van der Waals surface area contributed by atoms with Crippen molar-refractivity contribution in [1.29, 1.82) is 5.26 Å². The summed E-state index contributed by atoms with van der Waals surface area (Å²) in [6, 6.07) is 4.14. The van der Waals surface area contributed by atoms with Gasteiger partial charge in [-0.15, -0.1) is 0 Å². The van der Waals surface area contributed by atoms with E-state index in [1.807, 2.05) is 0 Å². The zero-order chi connectivity index (χ0) is 10.1. The molecule has 0 aliphatic heterocycles. The highest BCUT2D eigenvalue weighted by molar-refractivity contribution is 6.42. The summed E-state index contributed by atoms with van der Waals surface area (Å²) in [4.78, 5) is 0. The molecular formula is C8H3Cl2F2N. The van der Waals surface area contributed by atoms with Gasteiger partial charge in [-0.3, -0.25) is 0 Å². The SMILES string of the molecule is N#CC(F)(F)c1ccc(Cl)c(Cl)c1. The van der Waals surface area contributed by atoms with Crippen LogP contribution in [0, 0.1) is 11.3 Å². The molecule has 13 heavy (non-hydrogen) atoms. The first-order chi connectivity index (χ1) is 5.97. The molecule has 0 heterocycles. The van der Waals surface area contributed by atoms with Crippen LogP contribution in [0.25, 0.3) is 0 Å². The van der Waals surface area contributed by atoms with Crippen molar-refractivity contribution in [2.75, 3.05) is 0 Å². The summed E-state index contributed by atoms with van der Waals surface area (Å²) >= 11 is 11.0. The molecular weight excluding hydrogens is 219 g/mol. The molecule has 0 spiro atoms. The van der Waals surface area contributed by atoms with E-state index >= 15 is 0 Å². The fraction of sp³-hybridized carbons (Fsp3) is 0.125. The Morgan fingerprint density at radius 3 is 2.31 bits per heavy atom. The van der Waals surface area contributed by atoms with Crippen molar-refractivity contribution in [3.05, 3.63) is 33.8 Å². The molecule has 0 unspecified atom stereocenters. The van der Waals surface area contributed by atoms with Crippen LogP contribution in [0.15, 0.2) is 18.2 Å². The summed E-state index contributed by atoms with van der Waals surface area (Å²) in [7, 11) is 0. The second-order valence-corrected chi connectivity index (χ2v) is 3.13. The summed E-state index contributed by atoms with van der Waals surface area (Å²) in [6.07, 6.45) is 0. The number of hydrogen-bond donors (Lipinski definition) is 0. The van der Waals surface area contributed by atoms with E-state index < -0.39 is 11.5 Å². The maximum Gasteiger partial charge on any atom is 0.357 e. The molecule has 0 aromatic heterocycles. The molecule has 5 heteroatoms. The minimum Gasteiger partial charge on any atom is -0.191 e. The fourth-order valence-electron chi connectivity index (χ4n) is 0.756. The Balaban J connectivity index is 3.20. The van der Waals surface area contributed by atoms with Crippen LogP contribution >= 0.6 is 23.2 Å². The molecule has 1 rings (SSSR count). The van der Waals surface area contributed by atoms with E-state index in [2.05, 4.69) is 0 Å². The van der Waals surface area contributed by atoms with Crippen molar-refractivity contribution in [2.45, 2.75) is 5.92 Å². The van der Waals surface area contributed by atoms with Crippen molar-refractivity contribution in [2.24, 2.45) is 0 Å². The number of nitrogens with zero attached hydrogens (tertiary/aromatic N) is 1. The van der Waals surface area contributed by atoms with Gasteiger partial charge >= 0.3 is 5.92 Å². The van der Waals surface area contributed by atoms with Gasteiger partial charge in [-0.05, 0) is 12.1 Å². The van der Waals surface area contributed by atoms with Crippen molar-refractivity contribution >= 4 is 23.2 Å². The third-order valence-electron chi connectivity index (χ3n) is 1.42. The molecule has 0 aliphatic rings. The van der Waals surface area contributed by atoms with Gasteiger partial charge in [0.1, 0.15) is 6.07 Å². The molecule has 0 aliphatic carbocycles. The van der Waals surface area contributed by atoms with E-state index in [-0.39, 0.29) is 10.0 Å². The van der Waals surface area contributed by atoms with Crippen LogP contribution in [0.1, 0.15) is 5.56 Å².